The molecule has 0 bridgehead atoms. The highest BCUT2D eigenvalue weighted by molar-refractivity contribution is 4.78. The Morgan fingerprint density at radius 2 is 1.29 bits per heavy atom. The van der Waals surface area contributed by atoms with E-state index in [0.29, 0.717) is 12.8 Å². The second kappa shape index (κ2) is 8.87. The van der Waals surface area contributed by atoms with Crippen LogP contribution in [0.1, 0.15) is 12.8 Å². The molecule has 0 aromatic rings. The van der Waals surface area contributed by atoms with Crippen LogP contribution in [0.15, 0.2) is 0 Å². The van der Waals surface area contributed by atoms with Crippen LogP contribution in [-0.2, 0) is 0 Å². The van der Waals surface area contributed by atoms with E-state index in [2.05, 4.69) is 0 Å². The second-order valence-corrected chi connectivity index (χ2v) is 0.816. The highest BCUT2D eigenvalue weighted by Gasteiger charge is 1.72. The van der Waals surface area contributed by atoms with Crippen LogP contribution in [0.4, 0.5) is 0 Å². The molecule has 0 fully saturated rings. The number of nitrogens with zero attached hydrogens (tertiary/aromatic N) is 2. The Hall–Kier alpha value is -1.06. The fourth-order valence-electron chi connectivity index (χ4n) is 0.112. The molecule has 0 aromatic heterocycles. The molecule has 0 heterocycles. The molecule has 0 aliphatic carbocycles. The number of hydrogen-bond acceptors (Lipinski definition) is 2. The quantitative estimate of drug-likeness (QED) is 0.432. The van der Waals surface area contributed by atoms with Crippen LogP contribution in [0.25, 0.3) is 0 Å². The Kier molecular flexibility index (Phi) is 11.8. The Morgan fingerprint density at radius 1 is 1.00 bits per heavy atom. The molecule has 2 N–H and O–H groups in total. The summed E-state index contributed by atoms with van der Waals surface area (Å²) in [7, 11) is 0. The van der Waals surface area contributed by atoms with Crippen LogP contribution in [0.2, 0.25) is 0 Å². The molecule has 0 rings (SSSR count). The van der Waals surface area contributed by atoms with E-state index in [4.69, 9.17) is 10.5 Å². The Labute approximate surface area is 42.1 Å². The summed E-state index contributed by atoms with van der Waals surface area (Å²) in [6, 6.07) is 3.69. The molecular formula is C4H6N2O. The monoisotopic (exact) mass is 98.0 g/mol. The normalized spacial score (nSPS) is 4.86. The molecule has 0 aliphatic rings. The average molecular weight is 98.1 g/mol. The van der Waals surface area contributed by atoms with Crippen molar-refractivity contribution in [3.63, 3.8) is 0 Å². The number of unbranched alkanes of at least 4 members (excludes halogenated alkanes) is 1. The highest BCUT2D eigenvalue weighted by atomic mass is 16.0. The molecule has 0 unspecified atom stereocenters. The maximum atomic E-state index is 7.80. The number of hydrogen-bond donors (Lipinski definition) is 0. The smallest absolute Gasteiger partial charge is 0.0632 e. The molecule has 0 saturated carbocycles. The summed E-state index contributed by atoms with van der Waals surface area (Å²) >= 11 is 0. The van der Waals surface area contributed by atoms with Gasteiger partial charge in [-0.15, -0.1) is 0 Å². The summed E-state index contributed by atoms with van der Waals surface area (Å²) < 4.78 is 0. The standard InChI is InChI=1S/C4H4N2.H2O/c5-3-1-2-4-6;/h1-2H2;1H2. The summed E-state index contributed by atoms with van der Waals surface area (Å²) in [6.07, 6.45) is 0.715. The third kappa shape index (κ3) is 11.3. The van der Waals surface area contributed by atoms with Crippen molar-refractivity contribution in [2.45, 2.75) is 12.8 Å². The van der Waals surface area contributed by atoms with Gasteiger partial charge in [0.1, 0.15) is 0 Å². The van der Waals surface area contributed by atoms with Crippen molar-refractivity contribution in [3.05, 3.63) is 0 Å². The van der Waals surface area contributed by atoms with Gasteiger partial charge in [-0.1, -0.05) is 0 Å². The fourth-order valence-corrected chi connectivity index (χ4v) is 0.112. The third-order valence-electron chi connectivity index (χ3n) is 0.349. The van der Waals surface area contributed by atoms with Gasteiger partial charge in [-0.2, -0.15) is 10.5 Å². The summed E-state index contributed by atoms with van der Waals surface area (Å²) in [4.78, 5) is 0. The maximum Gasteiger partial charge on any atom is 0.0632 e. The minimum Gasteiger partial charge on any atom is -0.412 e. The zero-order chi connectivity index (χ0) is 4.83. The number of nitriles is 2. The molecule has 7 heavy (non-hydrogen) atoms. The van der Waals surface area contributed by atoms with Crippen molar-refractivity contribution < 1.29 is 5.48 Å². The predicted octanol–water partition coefficient (Wildman–Crippen LogP) is -0.0109. The van der Waals surface area contributed by atoms with E-state index < -0.39 is 0 Å². The zero-order valence-corrected chi connectivity index (χ0v) is 3.81. The zero-order valence-electron chi connectivity index (χ0n) is 3.81. The minimum atomic E-state index is 0. The van der Waals surface area contributed by atoms with Gasteiger partial charge in [-0.25, -0.2) is 0 Å². The lowest BCUT2D eigenvalue weighted by Crippen LogP contribution is -1.58. The van der Waals surface area contributed by atoms with Gasteiger partial charge >= 0.3 is 0 Å². The average Bonchev–Trinajstić information content (AvgIpc) is 1.61. The molecule has 0 radical (unpaired) electrons. The molecule has 3 heteroatoms. The first-order chi connectivity index (χ1) is 2.91. The SMILES string of the molecule is N#CCCC#N.O. The Bertz CT molecular complexity index is 83.2. The molecule has 3 nitrogen and oxygen atoms in total. The van der Waals surface area contributed by atoms with E-state index in [-0.39, 0.29) is 5.48 Å². The van der Waals surface area contributed by atoms with Crippen LogP contribution in [-0.4, -0.2) is 5.48 Å². The summed E-state index contributed by atoms with van der Waals surface area (Å²) in [6.45, 7) is 0. The predicted molar refractivity (Wildman–Crippen MR) is 24.1 cm³/mol. The van der Waals surface area contributed by atoms with Crippen LogP contribution < -0.4 is 0 Å². The third-order valence-corrected chi connectivity index (χ3v) is 0.349. The van der Waals surface area contributed by atoms with Gasteiger partial charge in [0, 0.05) is 12.8 Å². The molecule has 0 aromatic carbocycles. The second-order valence-electron chi connectivity index (χ2n) is 0.816. The first-order valence-electron chi connectivity index (χ1n) is 1.65. The molecule has 0 saturated heterocycles. The van der Waals surface area contributed by atoms with E-state index in [0.717, 1.165) is 0 Å². The van der Waals surface area contributed by atoms with Crippen LogP contribution in [0, 0.1) is 22.7 Å². The van der Waals surface area contributed by atoms with E-state index in [1.165, 1.54) is 0 Å². The van der Waals surface area contributed by atoms with Gasteiger partial charge in [0.2, 0.25) is 0 Å². The highest BCUT2D eigenvalue weighted by Crippen LogP contribution is 1.78. The Morgan fingerprint density at radius 3 is 1.43 bits per heavy atom. The van der Waals surface area contributed by atoms with Crippen molar-refractivity contribution in [1.82, 2.24) is 0 Å². The molecular weight excluding hydrogens is 92.1 g/mol. The van der Waals surface area contributed by atoms with Crippen molar-refractivity contribution in [3.8, 4) is 12.1 Å². The first-order valence-corrected chi connectivity index (χ1v) is 1.65. The van der Waals surface area contributed by atoms with Gasteiger partial charge in [-0.05, 0) is 0 Å². The van der Waals surface area contributed by atoms with E-state index in [1.807, 2.05) is 12.1 Å². The minimum absolute atomic E-state index is 0. The van der Waals surface area contributed by atoms with E-state index in [1.54, 1.807) is 0 Å². The Balaban J connectivity index is 0. The molecule has 0 amide bonds. The van der Waals surface area contributed by atoms with Crippen molar-refractivity contribution in [2.75, 3.05) is 0 Å². The lowest BCUT2D eigenvalue weighted by molar-refractivity contribution is 0.824. The van der Waals surface area contributed by atoms with E-state index >= 15 is 0 Å². The summed E-state index contributed by atoms with van der Waals surface area (Å²) in [5.41, 5.74) is 0. The van der Waals surface area contributed by atoms with Crippen molar-refractivity contribution in [2.24, 2.45) is 0 Å². The fraction of sp³-hybridized carbons (Fsp3) is 0.500. The number of rotatable bonds is 1. The molecule has 0 aliphatic heterocycles. The van der Waals surface area contributed by atoms with Crippen molar-refractivity contribution >= 4 is 0 Å². The van der Waals surface area contributed by atoms with Gasteiger partial charge in [0.25, 0.3) is 0 Å². The van der Waals surface area contributed by atoms with Crippen LogP contribution >= 0.6 is 0 Å². The first kappa shape index (κ1) is 9.34. The van der Waals surface area contributed by atoms with Gasteiger partial charge in [0.15, 0.2) is 0 Å². The summed E-state index contributed by atoms with van der Waals surface area (Å²) in [5, 5.41) is 15.6. The van der Waals surface area contributed by atoms with E-state index in [9.17, 15) is 0 Å². The van der Waals surface area contributed by atoms with Crippen molar-refractivity contribution in [1.29, 1.82) is 10.5 Å². The van der Waals surface area contributed by atoms with Gasteiger partial charge in [-0.3, -0.25) is 0 Å². The lowest BCUT2D eigenvalue weighted by atomic mass is 10.4. The lowest BCUT2D eigenvalue weighted by Gasteiger charge is -1.63. The van der Waals surface area contributed by atoms with Gasteiger partial charge in [0.05, 0.1) is 12.1 Å². The van der Waals surface area contributed by atoms with Crippen LogP contribution in [0.5, 0.6) is 0 Å². The largest absolute Gasteiger partial charge is 0.412 e. The summed E-state index contributed by atoms with van der Waals surface area (Å²) in [5.74, 6) is 0. The topological polar surface area (TPSA) is 79.1 Å². The van der Waals surface area contributed by atoms with Crippen LogP contribution in [0.3, 0.4) is 0 Å². The molecule has 0 atom stereocenters. The maximum absolute atomic E-state index is 7.80. The van der Waals surface area contributed by atoms with Gasteiger partial charge < -0.3 is 5.48 Å². The molecule has 38 valence electrons. The molecule has 0 spiro atoms.